The fourth-order valence-electron chi connectivity index (χ4n) is 2.37. The first-order valence-corrected chi connectivity index (χ1v) is 7.38. The van der Waals surface area contributed by atoms with Crippen molar-refractivity contribution in [1.29, 1.82) is 0 Å². The quantitative estimate of drug-likeness (QED) is 0.890. The van der Waals surface area contributed by atoms with Crippen LogP contribution in [0.5, 0.6) is 0 Å². The van der Waals surface area contributed by atoms with E-state index in [1.165, 1.54) is 16.7 Å². The highest BCUT2D eigenvalue weighted by Crippen LogP contribution is 2.25. The molecular weight excluding hydrogens is 268 g/mol. The lowest BCUT2D eigenvalue weighted by Gasteiger charge is -2.20. The van der Waals surface area contributed by atoms with Gasteiger partial charge in [-0.05, 0) is 55.1 Å². The van der Waals surface area contributed by atoms with Crippen LogP contribution in [-0.2, 0) is 6.42 Å². The van der Waals surface area contributed by atoms with E-state index in [2.05, 4.69) is 49.3 Å². The molecule has 2 rings (SSSR count). The third kappa shape index (κ3) is 3.59. The molecule has 0 aliphatic heterocycles. The van der Waals surface area contributed by atoms with Crippen molar-refractivity contribution in [3.05, 3.63) is 63.9 Å². The largest absolute Gasteiger partial charge is 0.310 e. The van der Waals surface area contributed by atoms with Gasteiger partial charge in [-0.15, -0.1) is 0 Å². The predicted octanol–water partition coefficient (Wildman–Crippen LogP) is 4.25. The van der Waals surface area contributed by atoms with Crippen LogP contribution in [0.25, 0.3) is 0 Å². The summed E-state index contributed by atoms with van der Waals surface area (Å²) in [5.74, 6) is 0. The van der Waals surface area contributed by atoms with Crippen molar-refractivity contribution in [1.82, 2.24) is 10.3 Å². The molecule has 1 aromatic carbocycles. The molecule has 0 radical (unpaired) electrons. The molecule has 0 saturated carbocycles. The number of nitrogens with one attached hydrogen (secondary N) is 1. The number of aryl methyl sites for hydroxylation is 2. The van der Waals surface area contributed by atoms with Crippen molar-refractivity contribution in [3.63, 3.8) is 0 Å². The SMILES string of the molecule is CCNC(Cc1ccc(C)c(C)c1)c1ccncc1Cl. The summed E-state index contributed by atoms with van der Waals surface area (Å²) in [6.45, 7) is 7.32. The molecule has 2 nitrogen and oxygen atoms in total. The third-order valence-corrected chi connectivity index (χ3v) is 3.96. The number of nitrogens with zero attached hydrogens (tertiary/aromatic N) is 1. The minimum atomic E-state index is 0.220. The molecule has 0 saturated heterocycles. The van der Waals surface area contributed by atoms with Gasteiger partial charge in [-0.25, -0.2) is 0 Å². The lowest BCUT2D eigenvalue weighted by atomic mass is 9.97. The summed E-state index contributed by atoms with van der Waals surface area (Å²) in [4.78, 5) is 4.06. The molecule has 1 atom stereocenters. The molecule has 1 unspecified atom stereocenters. The van der Waals surface area contributed by atoms with Crippen LogP contribution in [0.1, 0.15) is 35.2 Å². The normalized spacial score (nSPS) is 12.4. The van der Waals surface area contributed by atoms with Crippen molar-refractivity contribution in [2.45, 2.75) is 33.2 Å². The highest BCUT2D eigenvalue weighted by atomic mass is 35.5. The summed E-state index contributed by atoms with van der Waals surface area (Å²) >= 11 is 6.27. The highest BCUT2D eigenvalue weighted by molar-refractivity contribution is 6.31. The van der Waals surface area contributed by atoms with Crippen LogP contribution in [-0.4, -0.2) is 11.5 Å². The summed E-state index contributed by atoms with van der Waals surface area (Å²) < 4.78 is 0. The van der Waals surface area contributed by atoms with Crippen molar-refractivity contribution in [2.24, 2.45) is 0 Å². The number of aromatic nitrogens is 1. The average molecular weight is 289 g/mol. The molecule has 0 spiro atoms. The molecule has 106 valence electrons. The van der Waals surface area contributed by atoms with E-state index >= 15 is 0 Å². The van der Waals surface area contributed by atoms with E-state index in [0.29, 0.717) is 0 Å². The second-order valence-corrected chi connectivity index (χ2v) is 5.54. The van der Waals surface area contributed by atoms with Gasteiger partial charge in [-0.1, -0.05) is 36.7 Å². The van der Waals surface area contributed by atoms with E-state index in [1.54, 1.807) is 12.4 Å². The fourth-order valence-corrected chi connectivity index (χ4v) is 2.62. The van der Waals surface area contributed by atoms with Crippen molar-refractivity contribution in [2.75, 3.05) is 6.54 Å². The van der Waals surface area contributed by atoms with Crippen molar-refractivity contribution >= 4 is 11.6 Å². The Morgan fingerprint density at radius 2 is 2.00 bits per heavy atom. The van der Waals surface area contributed by atoms with Gasteiger partial charge in [0, 0.05) is 18.4 Å². The van der Waals surface area contributed by atoms with Gasteiger partial charge in [0.15, 0.2) is 0 Å². The number of hydrogen-bond acceptors (Lipinski definition) is 2. The van der Waals surface area contributed by atoms with Crippen LogP contribution >= 0.6 is 11.6 Å². The Morgan fingerprint density at radius 3 is 2.65 bits per heavy atom. The average Bonchev–Trinajstić information content (AvgIpc) is 2.43. The summed E-state index contributed by atoms with van der Waals surface area (Å²) in [7, 11) is 0. The molecule has 2 aromatic rings. The van der Waals surface area contributed by atoms with E-state index in [4.69, 9.17) is 11.6 Å². The lowest BCUT2D eigenvalue weighted by molar-refractivity contribution is 0.549. The zero-order valence-electron chi connectivity index (χ0n) is 12.3. The maximum absolute atomic E-state index is 6.27. The van der Waals surface area contributed by atoms with Crippen LogP contribution in [0, 0.1) is 13.8 Å². The van der Waals surface area contributed by atoms with Gasteiger partial charge in [0.05, 0.1) is 5.02 Å². The molecule has 0 bridgehead atoms. The van der Waals surface area contributed by atoms with E-state index < -0.39 is 0 Å². The van der Waals surface area contributed by atoms with Gasteiger partial charge in [-0.2, -0.15) is 0 Å². The van der Waals surface area contributed by atoms with E-state index in [1.807, 2.05) is 6.07 Å². The topological polar surface area (TPSA) is 24.9 Å². The Labute approximate surface area is 126 Å². The third-order valence-electron chi connectivity index (χ3n) is 3.64. The zero-order valence-corrected chi connectivity index (χ0v) is 13.0. The molecule has 1 N–H and O–H groups in total. The predicted molar refractivity (Wildman–Crippen MR) is 85.3 cm³/mol. The van der Waals surface area contributed by atoms with Crippen LogP contribution in [0.2, 0.25) is 5.02 Å². The first-order valence-electron chi connectivity index (χ1n) is 7.00. The Balaban J connectivity index is 2.25. The monoisotopic (exact) mass is 288 g/mol. The van der Waals surface area contributed by atoms with E-state index in [9.17, 15) is 0 Å². The highest BCUT2D eigenvalue weighted by Gasteiger charge is 2.14. The Kier molecular flexibility index (Phi) is 5.16. The molecule has 0 fully saturated rings. The molecule has 3 heteroatoms. The van der Waals surface area contributed by atoms with Crippen LogP contribution in [0.4, 0.5) is 0 Å². The van der Waals surface area contributed by atoms with Crippen LogP contribution in [0.3, 0.4) is 0 Å². The molecule has 0 amide bonds. The van der Waals surface area contributed by atoms with Gasteiger partial charge in [-0.3, -0.25) is 4.98 Å². The fraction of sp³-hybridized carbons (Fsp3) is 0.353. The summed E-state index contributed by atoms with van der Waals surface area (Å²) in [5.41, 5.74) is 5.10. The molecule has 0 aliphatic rings. The molecule has 20 heavy (non-hydrogen) atoms. The Hall–Kier alpha value is -1.38. The second kappa shape index (κ2) is 6.87. The number of likely N-dealkylation sites (N-methyl/N-ethyl adjacent to an activating group) is 1. The number of rotatable bonds is 5. The molecule has 1 aromatic heterocycles. The lowest BCUT2D eigenvalue weighted by Crippen LogP contribution is -2.23. The van der Waals surface area contributed by atoms with Crippen molar-refractivity contribution < 1.29 is 0 Å². The van der Waals surface area contributed by atoms with Gasteiger partial charge < -0.3 is 5.32 Å². The first-order chi connectivity index (χ1) is 9.61. The number of hydrogen-bond donors (Lipinski definition) is 1. The standard InChI is InChI=1S/C17H21ClN2/c1-4-20-17(15-7-8-19-11-16(15)18)10-14-6-5-12(2)13(3)9-14/h5-9,11,17,20H,4,10H2,1-3H3. The summed E-state index contributed by atoms with van der Waals surface area (Å²) in [5, 5.41) is 4.23. The first kappa shape index (κ1) is 15.0. The Bertz CT molecular complexity index is 581. The van der Waals surface area contributed by atoms with Crippen LogP contribution < -0.4 is 5.32 Å². The molecular formula is C17H21ClN2. The van der Waals surface area contributed by atoms with Gasteiger partial charge in [0.25, 0.3) is 0 Å². The maximum Gasteiger partial charge on any atom is 0.0637 e. The van der Waals surface area contributed by atoms with Gasteiger partial charge in [0.1, 0.15) is 0 Å². The zero-order chi connectivity index (χ0) is 14.5. The smallest absolute Gasteiger partial charge is 0.0637 e. The molecule has 1 heterocycles. The van der Waals surface area contributed by atoms with E-state index in [0.717, 1.165) is 23.6 Å². The number of pyridine rings is 1. The second-order valence-electron chi connectivity index (χ2n) is 5.13. The Morgan fingerprint density at radius 1 is 1.20 bits per heavy atom. The molecule has 0 aliphatic carbocycles. The van der Waals surface area contributed by atoms with Gasteiger partial charge >= 0.3 is 0 Å². The van der Waals surface area contributed by atoms with Crippen LogP contribution in [0.15, 0.2) is 36.7 Å². The van der Waals surface area contributed by atoms with E-state index in [-0.39, 0.29) is 6.04 Å². The summed E-state index contributed by atoms with van der Waals surface area (Å²) in [6, 6.07) is 8.85. The minimum Gasteiger partial charge on any atom is -0.310 e. The minimum absolute atomic E-state index is 0.220. The number of benzene rings is 1. The van der Waals surface area contributed by atoms with Gasteiger partial charge in [0.2, 0.25) is 0 Å². The summed E-state index contributed by atoms with van der Waals surface area (Å²) in [6.07, 6.45) is 4.44. The number of halogens is 1. The van der Waals surface area contributed by atoms with Crippen molar-refractivity contribution in [3.8, 4) is 0 Å². The maximum atomic E-state index is 6.27.